The molecule has 4 rings (SSSR count). The summed E-state index contributed by atoms with van der Waals surface area (Å²) >= 11 is 0. The summed E-state index contributed by atoms with van der Waals surface area (Å²) in [6.45, 7) is 2.75. The molecule has 0 unspecified atom stereocenters. The highest BCUT2D eigenvalue weighted by molar-refractivity contribution is 5.74. The Hall–Kier alpha value is -3.87. The van der Waals surface area contributed by atoms with Crippen LogP contribution in [0.25, 0.3) is 0 Å². The largest absolute Gasteiger partial charge is 0.456 e. The molecule has 46 heavy (non-hydrogen) atoms. The SMILES string of the molecule is CC(=O)O[C@@H]1[C@@H](Nc2cccc(C(F)(F)F)n2)[C@H]2OC[C@](CONC(=O)CCOCCNOCc3ccccc3)(O2)[C@@H]1OC(C)=O. The van der Waals surface area contributed by atoms with Crippen LogP contribution in [0.2, 0.25) is 0 Å². The van der Waals surface area contributed by atoms with Crippen molar-refractivity contribution in [1.29, 1.82) is 0 Å². The van der Waals surface area contributed by atoms with Gasteiger partial charge in [-0.2, -0.15) is 18.7 Å². The molecule has 2 aliphatic rings. The third-order valence-electron chi connectivity index (χ3n) is 6.76. The number of esters is 2. The van der Waals surface area contributed by atoms with Gasteiger partial charge in [-0.05, 0) is 17.7 Å². The fourth-order valence-corrected chi connectivity index (χ4v) is 4.77. The monoisotopic (exact) mass is 656 g/mol. The maximum atomic E-state index is 13.2. The van der Waals surface area contributed by atoms with E-state index in [1.807, 2.05) is 30.3 Å². The zero-order chi connectivity index (χ0) is 33.2. The number of pyridine rings is 1. The summed E-state index contributed by atoms with van der Waals surface area (Å²) in [6, 6.07) is 11.7. The Kier molecular flexibility index (Phi) is 12.3. The minimum atomic E-state index is -4.71. The average Bonchev–Trinajstić information content (AvgIpc) is 3.40. The lowest BCUT2D eigenvalue weighted by Crippen LogP contribution is -2.66. The Morgan fingerprint density at radius 3 is 2.48 bits per heavy atom. The first-order chi connectivity index (χ1) is 22.0. The number of hydrogen-bond donors (Lipinski definition) is 3. The van der Waals surface area contributed by atoms with Crippen molar-refractivity contribution < 1.29 is 60.9 Å². The van der Waals surface area contributed by atoms with Gasteiger partial charge < -0.3 is 29.0 Å². The molecule has 3 heterocycles. The van der Waals surface area contributed by atoms with Crippen molar-refractivity contribution in [3.05, 3.63) is 59.8 Å². The van der Waals surface area contributed by atoms with Crippen LogP contribution in [0.1, 0.15) is 31.5 Å². The second kappa shape index (κ2) is 16.1. The van der Waals surface area contributed by atoms with Crippen LogP contribution in [-0.2, 0) is 60.5 Å². The summed E-state index contributed by atoms with van der Waals surface area (Å²) in [5.74, 6) is -2.28. The maximum Gasteiger partial charge on any atom is 0.433 e. The van der Waals surface area contributed by atoms with Crippen molar-refractivity contribution in [2.45, 2.75) is 63.2 Å². The fraction of sp³-hybridized carbons (Fsp3) is 0.517. The summed E-state index contributed by atoms with van der Waals surface area (Å²) in [6.07, 6.45) is -8.61. The van der Waals surface area contributed by atoms with E-state index in [2.05, 4.69) is 21.3 Å². The Morgan fingerprint density at radius 1 is 1.00 bits per heavy atom. The molecule has 2 aromatic rings. The van der Waals surface area contributed by atoms with Crippen molar-refractivity contribution >= 4 is 23.7 Å². The molecule has 2 saturated heterocycles. The number of alkyl halides is 3. The standard InChI is InChI=1S/C29H35F3N4O10/c1-18(37)44-25-24(35-22-10-6-9-21(34-22)29(30,31)32)27-41-16-28(46-27,26(25)45-19(2)38)17-43-36-23(39)11-13-40-14-12-33-42-15-20-7-4-3-5-8-20/h3-10,24-27,33H,11-17H2,1-2H3,(H,34,35)(H,36,39)/t24-,25-,26-,27+,28-/m1/s1. The molecular weight excluding hydrogens is 621 g/mol. The van der Waals surface area contributed by atoms with Gasteiger partial charge in [-0.3, -0.25) is 24.1 Å². The highest BCUT2D eigenvalue weighted by atomic mass is 19.4. The van der Waals surface area contributed by atoms with Gasteiger partial charge >= 0.3 is 18.1 Å². The van der Waals surface area contributed by atoms with Crippen LogP contribution in [0.4, 0.5) is 19.0 Å². The van der Waals surface area contributed by atoms with Crippen LogP contribution < -0.4 is 16.3 Å². The number of amides is 1. The Morgan fingerprint density at radius 2 is 1.76 bits per heavy atom. The average molecular weight is 657 g/mol. The first kappa shape index (κ1) is 35.0. The van der Waals surface area contributed by atoms with Gasteiger partial charge in [0.1, 0.15) is 24.2 Å². The molecule has 2 bridgehead atoms. The highest BCUT2D eigenvalue weighted by Gasteiger charge is 2.63. The summed E-state index contributed by atoms with van der Waals surface area (Å²) in [4.78, 5) is 50.8. The number of rotatable bonds is 16. The minimum Gasteiger partial charge on any atom is -0.456 e. The third kappa shape index (κ3) is 9.81. The van der Waals surface area contributed by atoms with Crippen molar-refractivity contribution in [2.75, 3.05) is 38.3 Å². The molecule has 14 nitrogen and oxygen atoms in total. The van der Waals surface area contributed by atoms with Crippen LogP contribution >= 0.6 is 0 Å². The molecule has 252 valence electrons. The smallest absolute Gasteiger partial charge is 0.433 e. The van der Waals surface area contributed by atoms with Crippen LogP contribution in [-0.4, -0.2) is 85.9 Å². The summed E-state index contributed by atoms with van der Waals surface area (Å²) in [5.41, 5.74) is 3.33. The molecule has 0 radical (unpaired) electrons. The number of aromatic nitrogens is 1. The molecule has 1 aromatic carbocycles. The topological polar surface area (TPSA) is 165 Å². The Balaban J connectivity index is 1.29. The van der Waals surface area contributed by atoms with Gasteiger partial charge in [-0.25, -0.2) is 10.5 Å². The molecule has 2 fully saturated rings. The molecule has 0 spiro atoms. The number of nitrogens with zero attached hydrogens (tertiary/aromatic N) is 1. The lowest BCUT2D eigenvalue weighted by atomic mass is 9.87. The predicted molar refractivity (Wildman–Crippen MR) is 150 cm³/mol. The lowest BCUT2D eigenvalue weighted by Gasteiger charge is -2.45. The lowest BCUT2D eigenvalue weighted by molar-refractivity contribution is -0.248. The first-order valence-electron chi connectivity index (χ1n) is 14.3. The van der Waals surface area contributed by atoms with E-state index >= 15 is 0 Å². The number of hydrogen-bond acceptors (Lipinski definition) is 13. The van der Waals surface area contributed by atoms with E-state index < -0.39 is 66.5 Å². The number of fused-ring (bicyclic) bond motifs is 2. The number of halogens is 3. The Bertz CT molecular complexity index is 1320. The van der Waals surface area contributed by atoms with E-state index in [1.165, 1.54) is 6.07 Å². The van der Waals surface area contributed by atoms with E-state index in [0.29, 0.717) is 13.2 Å². The first-order valence-corrected chi connectivity index (χ1v) is 14.3. The zero-order valence-corrected chi connectivity index (χ0v) is 25.0. The molecule has 1 aromatic heterocycles. The molecule has 1 amide bonds. The van der Waals surface area contributed by atoms with Crippen molar-refractivity contribution in [1.82, 2.24) is 15.9 Å². The van der Waals surface area contributed by atoms with Gasteiger partial charge in [0, 0.05) is 20.4 Å². The zero-order valence-electron chi connectivity index (χ0n) is 25.0. The van der Waals surface area contributed by atoms with Crippen LogP contribution in [0.3, 0.4) is 0 Å². The van der Waals surface area contributed by atoms with Crippen LogP contribution in [0, 0.1) is 0 Å². The van der Waals surface area contributed by atoms with Crippen LogP contribution in [0.5, 0.6) is 0 Å². The molecule has 0 aliphatic carbocycles. The number of ether oxygens (including phenoxy) is 5. The number of carbonyl (C=O) groups excluding carboxylic acids is 3. The van der Waals surface area contributed by atoms with Gasteiger partial charge in [0.15, 0.2) is 24.1 Å². The summed E-state index contributed by atoms with van der Waals surface area (Å²) in [7, 11) is 0. The molecule has 3 N–H and O–H groups in total. The van der Waals surface area contributed by atoms with Gasteiger partial charge in [-0.1, -0.05) is 36.4 Å². The minimum absolute atomic E-state index is 0.0444. The second-order valence-electron chi connectivity index (χ2n) is 10.4. The molecule has 17 heteroatoms. The summed E-state index contributed by atoms with van der Waals surface area (Å²) < 4.78 is 67.9. The van der Waals surface area contributed by atoms with Gasteiger partial charge in [-0.15, -0.1) is 0 Å². The van der Waals surface area contributed by atoms with E-state index in [1.54, 1.807) is 0 Å². The van der Waals surface area contributed by atoms with E-state index in [9.17, 15) is 27.6 Å². The summed E-state index contributed by atoms with van der Waals surface area (Å²) in [5, 5.41) is 2.76. The fourth-order valence-electron chi connectivity index (χ4n) is 4.77. The Labute approximate surface area is 262 Å². The highest BCUT2D eigenvalue weighted by Crippen LogP contribution is 2.41. The quantitative estimate of drug-likeness (QED) is 0.137. The van der Waals surface area contributed by atoms with Crippen LogP contribution in [0.15, 0.2) is 48.5 Å². The number of benzene rings is 1. The normalized spacial score (nSPS) is 23.8. The number of nitrogens with one attached hydrogen (secondary N) is 3. The van der Waals surface area contributed by atoms with Crippen molar-refractivity contribution in [3.8, 4) is 0 Å². The van der Waals surface area contributed by atoms with Gasteiger partial charge in [0.2, 0.25) is 5.91 Å². The molecular formula is C29H35F3N4O10. The van der Waals surface area contributed by atoms with E-state index in [4.69, 9.17) is 33.4 Å². The van der Waals surface area contributed by atoms with Crippen molar-refractivity contribution in [2.24, 2.45) is 0 Å². The third-order valence-corrected chi connectivity index (χ3v) is 6.76. The number of anilines is 1. The maximum absolute atomic E-state index is 13.2. The van der Waals surface area contributed by atoms with E-state index in [-0.39, 0.29) is 32.1 Å². The molecule has 5 atom stereocenters. The van der Waals surface area contributed by atoms with Gasteiger partial charge in [0.25, 0.3) is 0 Å². The van der Waals surface area contributed by atoms with E-state index in [0.717, 1.165) is 31.5 Å². The predicted octanol–water partition coefficient (Wildman–Crippen LogP) is 2.05. The number of carbonyl (C=O) groups is 3. The molecule has 0 saturated carbocycles. The molecule has 2 aliphatic heterocycles. The van der Waals surface area contributed by atoms with Gasteiger partial charge in [0.05, 0.1) is 32.8 Å². The second-order valence-corrected chi connectivity index (χ2v) is 10.4. The number of hydroxylamine groups is 2. The van der Waals surface area contributed by atoms with Crippen molar-refractivity contribution in [3.63, 3.8) is 0 Å².